The summed E-state index contributed by atoms with van der Waals surface area (Å²) in [7, 11) is 0. The molecule has 1 atom stereocenters. The van der Waals surface area contributed by atoms with Gasteiger partial charge in [-0.15, -0.1) is 0 Å². The van der Waals surface area contributed by atoms with Crippen molar-refractivity contribution in [3.8, 4) is 0 Å². The third-order valence-corrected chi connectivity index (χ3v) is 6.67. The molecule has 5 heteroatoms. The summed E-state index contributed by atoms with van der Waals surface area (Å²) in [6.07, 6.45) is 3.77. The molecule has 1 aromatic carbocycles. The maximum Gasteiger partial charge on any atom is 0.223 e. The standard InChI is InChI=1S/C23H30N4O/c1-16-5-3-4-6-19(16)12-27-10-9-23(14-27)15-28-13-20-17(2)25-22(26-21(20)23)24-11-18-7-8-18/h3-6,18H,7-15H2,1-2H3,(H,24,25,26)/t23-/m1/s1. The van der Waals surface area contributed by atoms with E-state index in [4.69, 9.17) is 14.7 Å². The number of fused-ring (bicyclic) bond motifs is 2. The fourth-order valence-electron chi connectivity index (χ4n) is 4.69. The number of hydrogen-bond donors (Lipinski definition) is 1. The molecule has 3 aliphatic rings. The van der Waals surface area contributed by atoms with Gasteiger partial charge in [0.1, 0.15) is 0 Å². The highest BCUT2D eigenvalue weighted by Gasteiger charge is 2.45. The van der Waals surface area contributed by atoms with Gasteiger partial charge in [-0.25, -0.2) is 9.97 Å². The monoisotopic (exact) mass is 378 g/mol. The molecule has 2 aliphatic heterocycles. The normalized spacial score (nSPS) is 24.5. The Morgan fingerprint density at radius 1 is 1.21 bits per heavy atom. The highest BCUT2D eigenvalue weighted by Crippen LogP contribution is 2.41. The maximum absolute atomic E-state index is 6.06. The molecule has 1 spiro atoms. The minimum absolute atomic E-state index is 0.0000207. The smallest absolute Gasteiger partial charge is 0.223 e. The van der Waals surface area contributed by atoms with E-state index in [2.05, 4.69) is 48.3 Å². The van der Waals surface area contributed by atoms with E-state index in [0.29, 0.717) is 6.61 Å². The first-order valence-corrected chi connectivity index (χ1v) is 10.6. The lowest BCUT2D eigenvalue weighted by Crippen LogP contribution is -2.41. The number of nitrogens with zero attached hydrogens (tertiary/aromatic N) is 3. The van der Waals surface area contributed by atoms with Crippen LogP contribution in [0.4, 0.5) is 5.95 Å². The van der Waals surface area contributed by atoms with Gasteiger partial charge in [-0.1, -0.05) is 24.3 Å². The molecule has 0 unspecified atom stereocenters. The van der Waals surface area contributed by atoms with E-state index in [0.717, 1.165) is 56.8 Å². The average Bonchev–Trinajstić information content (AvgIpc) is 3.44. The Hall–Kier alpha value is -1.98. The van der Waals surface area contributed by atoms with E-state index in [9.17, 15) is 0 Å². The first-order valence-electron chi connectivity index (χ1n) is 10.6. The number of rotatable bonds is 5. The summed E-state index contributed by atoms with van der Waals surface area (Å²) in [4.78, 5) is 12.3. The molecule has 0 bridgehead atoms. The first kappa shape index (κ1) is 18.1. The van der Waals surface area contributed by atoms with Gasteiger partial charge < -0.3 is 10.1 Å². The highest BCUT2D eigenvalue weighted by atomic mass is 16.5. The van der Waals surface area contributed by atoms with Crippen molar-refractivity contribution in [2.45, 2.75) is 51.7 Å². The molecule has 28 heavy (non-hydrogen) atoms. The molecule has 1 aliphatic carbocycles. The van der Waals surface area contributed by atoms with Crippen LogP contribution < -0.4 is 5.32 Å². The van der Waals surface area contributed by atoms with Crippen LogP contribution in [0.5, 0.6) is 0 Å². The Morgan fingerprint density at radius 2 is 2.07 bits per heavy atom. The minimum Gasteiger partial charge on any atom is -0.376 e. The molecule has 1 saturated heterocycles. The second-order valence-corrected chi connectivity index (χ2v) is 8.94. The van der Waals surface area contributed by atoms with E-state index >= 15 is 0 Å². The third kappa shape index (κ3) is 3.42. The van der Waals surface area contributed by atoms with Gasteiger partial charge >= 0.3 is 0 Å². The molecule has 5 nitrogen and oxygen atoms in total. The predicted octanol–water partition coefficient (Wildman–Crippen LogP) is 3.59. The molecule has 0 amide bonds. The van der Waals surface area contributed by atoms with Crippen LogP contribution in [0.3, 0.4) is 0 Å². The van der Waals surface area contributed by atoms with Crippen molar-refractivity contribution in [1.82, 2.24) is 14.9 Å². The Kier molecular flexibility index (Phi) is 4.60. The van der Waals surface area contributed by atoms with Gasteiger partial charge in [0.25, 0.3) is 0 Å². The molecule has 1 saturated carbocycles. The summed E-state index contributed by atoms with van der Waals surface area (Å²) in [5.74, 6) is 1.62. The Labute approximate surface area is 167 Å². The number of hydrogen-bond acceptors (Lipinski definition) is 5. The van der Waals surface area contributed by atoms with Crippen molar-refractivity contribution in [1.29, 1.82) is 0 Å². The average molecular weight is 379 g/mol. The van der Waals surface area contributed by atoms with E-state index in [1.54, 1.807) is 0 Å². The van der Waals surface area contributed by atoms with E-state index in [1.165, 1.54) is 35.2 Å². The molecular weight excluding hydrogens is 348 g/mol. The van der Waals surface area contributed by atoms with Crippen molar-refractivity contribution < 1.29 is 4.74 Å². The van der Waals surface area contributed by atoms with Gasteiger partial charge in [-0.2, -0.15) is 0 Å². The summed E-state index contributed by atoms with van der Waals surface area (Å²) in [5.41, 5.74) is 6.30. The zero-order valence-electron chi connectivity index (χ0n) is 17.0. The Balaban J connectivity index is 1.39. The zero-order chi connectivity index (χ0) is 19.1. The number of aromatic nitrogens is 2. The number of ether oxygens (including phenoxy) is 1. The van der Waals surface area contributed by atoms with Gasteiger partial charge in [0.05, 0.1) is 24.3 Å². The van der Waals surface area contributed by atoms with Crippen molar-refractivity contribution in [3.05, 3.63) is 52.3 Å². The van der Waals surface area contributed by atoms with Gasteiger partial charge in [0, 0.05) is 30.9 Å². The van der Waals surface area contributed by atoms with Crippen LogP contribution in [-0.2, 0) is 23.3 Å². The number of nitrogens with one attached hydrogen (secondary N) is 1. The second-order valence-electron chi connectivity index (χ2n) is 8.94. The van der Waals surface area contributed by atoms with Crippen LogP contribution in [0, 0.1) is 19.8 Å². The van der Waals surface area contributed by atoms with Crippen LogP contribution in [0.2, 0.25) is 0 Å². The molecule has 0 radical (unpaired) electrons. The molecule has 2 fully saturated rings. The van der Waals surface area contributed by atoms with Crippen molar-refractivity contribution in [2.75, 3.05) is 31.6 Å². The number of benzene rings is 1. The predicted molar refractivity (Wildman–Crippen MR) is 110 cm³/mol. The fourth-order valence-corrected chi connectivity index (χ4v) is 4.69. The van der Waals surface area contributed by atoms with Gasteiger partial charge in [-0.3, -0.25) is 4.90 Å². The van der Waals surface area contributed by atoms with Crippen LogP contribution in [0.25, 0.3) is 0 Å². The molecule has 148 valence electrons. The molecule has 1 aromatic heterocycles. The van der Waals surface area contributed by atoms with E-state index in [-0.39, 0.29) is 5.41 Å². The summed E-state index contributed by atoms with van der Waals surface area (Å²) in [5, 5.41) is 3.49. The summed E-state index contributed by atoms with van der Waals surface area (Å²) < 4.78 is 6.06. The number of anilines is 1. The van der Waals surface area contributed by atoms with E-state index in [1.807, 2.05) is 0 Å². The van der Waals surface area contributed by atoms with Crippen LogP contribution in [0.15, 0.2) is 24.3 Å². The molecule has 5 rings (SSSR count). The van der Waals surface area contributed by atoms with Crippen molar-refractivity contribution in [3.63, 3.8) is 0 Å². The Bertz CT molecular complexity index is 879. The van der Waals surface area contributed by atoms with Crippen LogP contribution in [-0.4, -0.2) is 41.1 Å². The highest BCUT2D eigenvalue weighted by molar-refractivity contribution is 5.40. The van der Waals surface area contributed by atoms with Gasteiger partial charge in [-0.05, 0) is 56.7 Å². The maximum atomic E-state index is 6.06. The van der Waals surface area contributed by atoms with Crippen molar-refractivity contribution >= 4 is 5.95 Å². The third-order valence-electron chi connectivity index (χ3n) is 6.67. The molecular formula is C23H30N4O. The molecule has 1 N–H and O–H groups in total. The van der Waals surface area contributed by atoms with E-state index < -0.39 is 0 Å². The minimum atomic E-state index is -0.0000207. The SMILES string of the molecule is Cc1ccccc1CN1CC[C@]2(COCc3c(C)nc(NCC4CC4)nc32)C1. The lowest BCUT2D eigenvalue weighted by Gasteiger charge is -2.35. The molecule has 2 aromatic rings. The largest absolute Gasteiger partial charge is 0.376 e. The second kappa shape index (κ2) is 7.12. The van der Waals surface area contributed by atoms with Gasteiger partial charge in [0.15, 0.2) is 0 Å². The quantitative estimate of drug-likeness (QED) is 0.862. The lowest BCUT2D eigenvalue weighted by atomic mass is 9.80. The summed E-state index contributed by atoms with van der Waals surface area (Å²) >= 11 is 0. The molecule has 3 heterocycles. The first-order chi connectivity index (χ1) is 13.6. The number of likely N-dealkylation sites (tertiary alicyclic amines) is 1. The summed E-state index contributed by atoms with van der Waals surface area (Å²) in [6.45, 7) is 9.81. The fraction of sp³-hybridized carbons (Fsp3) is 0.565. The van der Waals surface area contributed by atoms with Crippen LogP contribution in [0.1, 0.15) is 47.3 Å². The van der Waals surface area contributed by atoms with Gasteiger partial charge in [0.2, 0.25) is 5.95 Å². The van der Waals surface area contributed by atoms with Crippen LogP contribution >= 0.6 is 0 Å². The zero-order valence-corrected chi connectivity index (χ0v) is 17.0. The van der Waals surface area contributed by atoms with Crippen molar-refractivity contribution in [2.24, 2.45) is 5.92 Å². The topological polar surface area (TPSA) is 50.3 Å². The lowest BCUT2D eigenvalue weighted by molar-refractivity contribution is 0.0498. The Morgan fingerprint density at radius 3 is 2.89 bits per heavy atom. The summed E-state index contributed by atoms with van der Waals surface area (Å²) in [6, 6.07) is 8.71. The number of aryl methyl sites for hydroxylation is 2.